The summed E-state index contributed by atoms with van der Waals surface area (Å²) in [5, 5.41) is 1.11. The Morgan fingerprint density at radius 1 is 1.06 bits per heavy atom. The minimum Gasteiger partial charge on any atom is -0.375 e. The highest BCUT2D eigenvalue weighted by Gasteiger charge is 2.56. The van der Waals surface area contributed by atoms with Gasteiger partial charge in [0.25, 0.3) is 5.91 Å². The largest absolute Gasteiger partial charge is 0.375 e. The van der Waals surface area contributed by atoms with Crippen molar-refractivity contribution in [3.05, 3.63) is 36.0 Å². The maximum absolute atomic E-state index is 13.1. The van der Waals surface area contributed by atoms with Gasteiger partial charge in [-0.25, -0.2) is 0 Å². The van der Waals surface area contributed by atoms with Gasteiger partial charge in [0.05, 0.1) is 6.10 Å². The highest BCUT2D eigenvalue weighted by atomic mass is 16.5. The number of fused-ring (bicyclic) bond motifs is 1. The first-order valence-electron chi connectivity index (χ1n) is 12.5. The van der Waals surface area contributed by atoms with Gasteiger partial charge in [-0.05, 0) is 68.7 Å². The van der Waals surface area contributed by atoms with Crippen molar-refractivity contribution in [3.63, 3.8) is 0 Å². The first-order chi connectivity index (χ1) is 15.2. The number of ether oxygens (including phenoxy) is 1. The number of benzene rings is 1. The number of hydrogen-bond acceptors (Lipinski definition) is 3. The van der Waals surface area contributed by atoms with Crippen molar-refractivity contribution in [3.8, 4) is 0 Å². The van der Waals surface area contributed by atoms with Crippen LogP contribution in [-0.2, 0) is 4.74 Å². The van der Waals surface area contributed by atoms with E-state index < -0.39 is 0 Å². The number of likely N-dealkylation sites (tertiary alicyclic amines) is 2. The van der Waals surface area contributed by atoms with Gasteiger partial charge in [0, 0.05) is 60.5 Å². The molecule has 31 heavy (non-hydrogen) atoms. The number of aromatic nitrogens is 1. The van der Waals surface area contributed by atoms with Crippen molar-refractivity contribution in [2.45, 2.75) is 75.5 Å². The number of carbonyl (C=O) groups excluding carboxylic acids is 1. The van der Waals surface area contributed by atoms with E-state index in [0.717, 1.165) is 61.5 Å². The summed E-state index contributed by atoms with van der Waals surface area (Å²) in [7, 11) is 0. The smallest absolute Gasteiger partial charge is 0.253 e. The second-order valence-electron chi connectivity index (χ2n) is 10.4. The van der Waals surface area contributed by atoms with Gasteiger partial charge in [0.15, 0.2) is 0 Å². The van der Waals surface area contributed by atoms with Gasteiger partial charge < -0.3 is 14.6 Å². The maximum Gasteiger partial charge on any atom is 0.253 e. The number of nitrogens with one attached hydrogen (secondary N) is 1. The Morgan fingerprint density at radius 2 is 1.87 bits per heavy atom. The number of rotatable bonds is 5. The number of piperidine rings is 1. The van der Waals surface area contributed by atoms with Gasteiger partial charge in [0.1, 0.15) is 0 Å². The van der Waals surface area contributed by atoms with Crippen LogP contribution in [0.4, 0.5) is 0 Å². The molecule has 1 aromatic heterocycles. The van der Waals surface area contributed by atoms with E-state index >= 15 is 0 Å². The van der Waals surface area contributed by atoms with Crippen molar-refractivity contribution in [2.75, 3.05) is 26.2 Å². The molecule has 0 radical (unpaired) electrons. The fourth-order valence-corrected chi connectivity index (χ4v) is 6.38. The van der Waals surface area contributed by atoms with Crippen molar-refractivity contribution in [2.24, 2.45) is 5.92 Å². The van der Waals surface area contributed by atoms with E-state index in [1.165, 1.54) is 44.9 Å². The minimum atomic E-state index is 0.184. The van der Waals surface area contributed by atoms with Crippen LogP contribution in [0.15, 0.2) is 30.5 Å². The standard InChI is InChI=1S/C26H35N3O2/c30-25(21-6-7-23-20(16-21)8-13-27-23)28-14-9-22(10-15-28)29-17-24(31-18-19-4-5-19)26(29)11-2-1-3-12-26/h6-8,13,16,19,22,24,27H,1-5,9-12,14-15,17-18H2. The maximum atomic E-state index is 13.1. The third-order valence-electron chi connectivity index (χ3n) is 8.48. The van der Waals surface area contributed by atoms with Crippen LogP contribution < -0.4 is 0 Å². The van der Waals surface area contributed by atoms with Crippen molar-refractivity contribution in [1.29, 1.82) is 0 Å². The van der Waals surface area contributed by atoms with Gasteiger partial charge in [-0.15, -0.1) is 0 Å². The molecule has 5 heteroatoms. The molecule has 2 saturated carbocycles. The van der Waals surface area contributed by atoms with Crippen molar-refractivity contribution < 1.29 is 9.53 Å². The topological polar surface area (TPSA) is 48.6 Å². The molecule has 1 atom stereocenters. The predicted octanol–water partition coefficient (Wildman–Crippen LogP) is 4.59. The zero-order valence-corrected chi connectivity index (χ0v) is 18.5. The van der Waals surface area contributed by atoms with Crippen molar-refractivity contribution >= 4 is 16.8 Å². The summed E-state index contributed by atoms with van der Waals surface area (Å²) in [5.74, 6) is 1.03. The first kappa shape index (κ1) is 19.8. The molecule has 2 aromatic rings. The van der Waals surface area contributed by atoms with E-state index in [2.05, 4.69) is 14.8 Å². The number of aromatic amines is 1. The van der Waals surface area contributed by atoms with Crippen LogP contribution in [0.3, 0.4) is 0 Å². The SMILES string of the molecule is O=C(c1ccc2[nH]ccc2c1)N1CCC(N2CC(OCC3CC3)C23CCCCC3)CC1. The molecule has 2 aliphatic heterocycles. The Bertz CT molecular complexity index is 935. The lowest BCUT2D eigenvalue weighted by Crippen LogP contribution is -2.75. The molecule has 1 N–H and O–H groups in total. The third-order valence-corrected chi connectivity index (χ3v) is 8.48. The predicted molar refractivity (Wildman–Crippen MR) is 122 cm³/mol. The molecule has 166 valence electrons. The normalized spacial score (nSPS) is 27.0. The van der Waals surface area contributed by atoms with E-state index in [1.54, 1.807) is 0 Å². The number of H-pyrrole nitrogens is 1. The molecule has 4 aliphatic rings. The molecule has 1 unspecified atom stereocenters. The lowest BCUT2D eigenvalue weighted by molar-refractivity contribution is -0.202. The summed E-state index contributed by atoms with van der Waals surface area (Å²) in [4.78, 5) is 21.2. The summed E-state index contributed by atoms with van der Waals surface area (Å²) in [5.41, 5.74) is 2.19. The molecule has 2 saturated heterocycles. The Labute approximate surface area is 185 Å². The van der Waals surface area contributed by atoms with Crippen LogP contribution in [0.25, 0.3) is 10.9 Å². The Balaban J connectivity index is 1.09. The summed E-state index contributed by atoms with van der Waals surface area (Å²) in [6, 6.07) is 8.64. The third kappa shape index (κ3) is 3.60. The first-order valence-corrected chi connectivity index (χ1v) is 12.5. The molecule has 1 amide bonds. The van der Waals surface area contributed by atoms with Gasteiger partial charge in [-0.1, -0.05) is 19.3 Å². The van der Waals surface area contributed by atoms with E-state index in [9.17, 15) is 4.79 Å². The second-order valence-corrected chi connectivity index (χ2v) is 10.4. The quantitative estimate of drug-likeness (QED) is 0.768. The molecule has 1 spiro atoms. The van der Waals surface area contributed by atoms with Crippen LogP contribution in [0, 0.1) is 5.92 Å². The summed E-state index contributed by atoms with van der Waals surface area (Å²) >= 11 is 0. The number of nitrogens with zero attached hydrogens (tertiary/aromatic N) is 2. The van der Waals surface area contributed by atoms with E-state index in [0.29, 0.717) is 17.7 Å². The average Bonchev–Trinajstić information content (AvgIpc) is 3.52. The van der Waals surface area contributed by atoms with Gasteiger partial charge in [-0.3, -0.25) is 9.69 Å². The van der Waals surface area contributed by atoms with E-state index in [-0.39, 0.29) is 5.91 Å². The highest BCUT2D eigenvalue weighted by molar-refractivity contribution is 5.98. The van der Waals surface area contributed by atoms with Crippen LogP contribution in [-0.4, -0.2) is 64.6 Å². The number of carbonyl (C=O) groups is 1. The number of amides is 1. The molecule has 6 rings (SSSR count). The van der Waals surface area contributed by atoms with Gasteiger partial charge in [0.2, 0.25) is 0 Å². The zero-order valence-electron chi connectivity index (χ0n) is 18.5. The van der Waals surface area contributed by atoms with E-state index in [1.807, 2.05) is 30.5 Å². The lowest BCUT2D eigenvalue weighted by Gasteiger charge is -2.63. The molecule has 4 fully saturated rings. The van der Waals surface area contributed by atoms with Crippen LogP contribution in [0.5, 0.6) is 0 Å². The molecular weight excluding hydrogens is 386 g/mol. The van der Waals surface area contributed by atoms with Gasteiger partial charge in [-0.2, -0.15) is 0 Å². The molecule has 3 heterocycles. The summed E-state index contributed by atoms with van der Waals surface area (Å²) < 4.78 is 6.45. The monoisotopic (exact) mass is 421 g/mol. The molecule has 2 aliphatic carbocycles. The Morgan fingerprint density at radius 3 is 2.65 bits per heavy atom. The molecule has 0 bridgehead atoms. The fourth-order valence-electron chi connectivity index (χ4n) is 6.38. The highest BCUT2D eigenvalue weighted by Crippen LogP contribution is 2.48. The van der Waals surface area contributed by atoms with Crippen LogP contribution in [0.2, 0.25) is 0 Å². The lowest BCUT2D eigenvalue weighted by atomic mass is 9.69. The fraction of sp³-hybridized carbons (Fsp3) is 0.654. The second kappa shape index (κ2) is 7.93. The van der Waals surface area contributed by atoms with Gasteiger partial charge >= 0.3 is 0 Å². The summed E-state index contributed by atoms with van der Waals surface area (Å²) in [6.07, 6.45) is 14.0. The van der Waals surface area contributed by atoms with E-state index in [4.69, 9.17) is 4.74 Å². The zero-order chi connectivity index (χ0) is 20.8. The Hall–Kier alpha value is -1.85. The average molecular weight is 422 g/mol. The Kier molecular flexibility index (Phi) is 5.07. The van der Waals surface area contributed by atoms with Crippen LogP contribution in [0.1, 0.15) is 68.1 Å². The van der Waals surface area contributed by atoms with Crippen molar-refractivity contribution in [1.82, 2.24) is 14.8 Å². The number of hydrogen-bond donors (Lipinski definition) is 1. The van der Waals surface area contributed by atoms with Crippen LogP contribution >= 0.6 is 0 Å². The molecule has 5 nitrogen and oxygen atoms in total. The molecule has 1 aromatic carbocycles. The summed E-state index contributed by atoms with van der Waals surface area (Å²) in [6.45, 7) is 3.83. The molecular formula is C26H35N3O2. The minimum absolute atomic E-state index is 0.184.